The predicted molar refractivity (Wildman–Crippen MR) is 132 cm³/mol. The molecule has 0 aliphatic heterocycles. The molecule has 38 heavy (non-hydrogen) atoms. The number of methoxy groups -OCH3 is 2. The maximum Gasteiger partial charge on any atom is 0.450 e. The van der Waals surface area contributed by atoms with Crippen LogP contribution in [-0.4, -0.2) is 20.2 Å². The van der Waals surface area contributed by atoms with Crippen molar-refractivity contribution in [1.29, 1.82) is 0 Å². The minimum absolute atomic E-state index is 0.0480. The van der Waals surface area contributed by atoms with E-state index in [9.17, 15) is 27.2 Å². The van der Waals surface area contributed by atoms with Crippen LogP contribution in [0, 0.1) is 5.82 Å². The average Bonchev–Trinajstić information content (AvgIpc) is 2.87. The molecule has 4 rings (SSSR count). The Morgan fingerprint density at radius 2 is 1.74 bits per heavy atom. The van der Waals surface area contributed by atoms with Crippen molar-refractivity contribution in [1.82, 2.24) is 0 Å². The molecule has 0 bridgehead atoms. The minimum atomic E-state index is -5.04. The van der Waals surface area contributed by atoms with E-state index in [0.717, 1.165) is 24.3 Å². The zero-order valence-electron chi connectivity index (χ0n) is 19.7. The third kappa shape index (κ3) is 5.35. The van der Waals surface area contributed by atoms with Gasteiger partial charge in [0, 0.05) is 17.7 Å². The highest BCUT2D eigenvalue weighted by Crippen LogP contribution is 2.40. The first-order valence-corrected chi connectivity index (χ1v) is 11.2. The van der Waals surface area contributed by atoms with Crippen LogP contribution >= 0.6 is 11.6 Å². The Balaban J connectivity index is 1.74. The molecule has 6 nitrogen and oxygen atoms in total. The van der Waals surface area contributed by atoms with E-state index < -0.39 is 40.3 Å². The van der Waals surface area contributed by atoms with E-state index >= 15 is 0 Å². The highest BCUT2D eigenvalue weighted by Gasteiger charge is 2.39. The van der Waals surface area contributed by atoms with Crippen molar-refractivity contribution in [3.8, 4) is 28.4 Å². The van der Waals surface area contributed by atoms with E-state index in [1.54, 1.807) is 0 Å². The fraction of sp³-hybridized carbons (Fsp3) is 0.111. The number of fused-ring (bicyclic) bond motifs is 1. The Morgan fingerprint density at radius 3 is 2.39 bits per heavy atom. The molecule has 0 aliphatic rings. The molecule has 0 aliphatic carbocycles. The zero-order valence-corrected chi connectivity index (χ0v) is 20.4. The summed E-state index contributed by atoms with van der Waals surface area (Å²) in [5.41, 5.74) is -2.29. The first kappa shape index (κ1) is 26.7. The van der Waals surface area contributed by atoms with Gasteiger partial charge in [-0.25, -0.2) is 9.18 Å². The number of hydrogen-bond donors (Lipinski definition) is 0. The fourth-order valence-corrected chi connectivity index (χ4v) is 3.89. The van der Waals surface area contributed by atoms with Crippen LogP contribution < -0.4 is 19.6 Å². The number of carbonyl (C=O) groups is 1. The summed E-state index contributed by atoms with van der Waals surface area (Å²) in [7, 11) is 2.66. The van der Waals surface area contributed by atoms with Gasteiger partial charge in [-0.2, -0.15) is 13.2 Å². The van der Waals surface area contributed by atoms with Gasteiger partial charge in [0.15, 0.2) is 11.5 Å². The van der Waals surface area contributed by atoms with Gasteiger partial charge in [0.1, 0.15) is 17.1 Å². The summed E-state index contributed by atoms with van der Waals surface area (Å²) < 4.78 is 76.3. The van der Waals surface area contributed by atoms with Crippen molar-refractivity contribution in [3.63, 3.8) is 0 Å². The Bertz CT molecular complexity index is 1600. The summed E-state index contributed by atoms with van der Waals surface area (Å²) in [6.07, 6.45) is -3.05. The normalized spacial score (nSPS) is 11.7. The predicted octanol–water partition coefficient (Wildman–Crippen LogP) is 6.91. The molecule has 0 saturated heterocycles. The summed E-state index contributed by atoms with van der Waals surface area (Å²) >= 11 is 5.90. The van der Waals surface area contributed by atoms with Gasteiger partial charge in [-0.15, -0.1) is 0 Å². The van der Waals surface area contributed by atoms with Crippen molar-refractivity contribution >= 4 is 34.6 Å². The molecule has 196 valence electrons. The smallest absolute Gasteiger partial charge is 0.450 e. The van der Waals surface area contributed by atoms with Gasteiger partial charge in [0.05, 0.1) is 30.2 Å². The monoisotopic (exact) mass is 548 g/mol. The third-order valence-corrected chi connectivity index (χ3v) is 5.73. The number of ether oxygens (including phenoxy) is 3. The lowest BCUT2D eigenvalue weighted by Crippen LogP contribution is -2.16. The molecule has 3 aromatic carbocycles. The number of halogens is 5. The molecular formula is C27H17ClF4O6. The maximum absolute atomic E-state index is 14.0. The molecule has 11 heteroatoms. The van der Waals surface area contributed by atoms with E-state index in [0.29, 0.717) is 0 Å². The van der Waals surface area contributed by atoms with Crippen molar-refractivity contribution in [2.24, 2.45) is 0 Å². The molecular weight excluding hydrogens is 532 g/mol. The summed E-state index contributed by atoms with van der Waals surface area (Å²) in [5, 5.41) is -0.122. The molecule has 4 aromatic rings. The molecule has 0 fully saturated rings. The topological polar surface area (TPSA) is 75.0 Å². The van der Waals surface area contributed by atoms with E-state index in [2.05, 4.69) is 0 Å². The van der Waals surface area contributed by atoms with Crippen LogP contribution in [0.5, 0.6) is 17.2 Å². The number of alkyl halides is 3. The number of esters is 1. The van der Waals surface area contributed by atoms with Crippen LogP contribution in [0.3, 0.4) is 0 Å². The number of hydrogen-bond acceptors (Lipinski definition) is 6. The Kier molecular flexibility index (Phi) is 7.45. The molecule has 1 aromatic heterocycles. The fourth-order valence-electron chi connectivity index (χ4n) is 3.66. The summed E-state index contributed by atoms with van der Waals surface area (Å²) in [6, 6.07) is 11.2. The van der Waals surface area contributed by atoms with Gasteiger partial charge >= 0.3 is 12.1 Å². The van der Waals surface area contributed by atoms with E-state index in [-0.39, 0.29) is 38.8 Å². The first-order valence-electron chi connectivity index (χ1n) is 10.8. The Morgan fingerprint density at radius 1 is 1.00 bits per heavy atom. The molecule has 0 saturated carbocycles. The lowest BCUT2D eigenvalue weighted by atomic mass is 10.0. The van der Waals surface area contributed by atoms with Gasteiger partial charge in [-0.05, 0) is 48.0 Å². The number of carbonyl (C=O) groups excluding carboxylic acids is 1. The van der Waals surface area contributed by atoms with E-state index in [4.69, 9.17) is 30.2 Å². The highest BCUT2D eigenvalue weighted by molar-refractivity contribution is 6.32. The van der Waals surface area contributed by atoms with Crippen LogP contribution in [0.1, 0.15) is 11.3 Å². The summed E-state index contributed by atoms with van der Waals surface area (Å²) in [5.74, 6) is -3.01. The molecule has 0 N–H and O–H groups in total. The standard InChI is InChI=1S/C27H17ClF4O6/c1-35-20-10-6-14(12-22(20)36-2)24-25(34)17-8-7-15(13-21(17)38-26(24)27(30,31)32)37-23(33)11-9-16-18(28)4-3-5-19(16)29/h3-13H,1-2H3. The molecule has 0 unspecified atom stereocenters. The highest BCUT2D eigenvalue weighted by atomic mass is 35.5. The van der Waals surface area contributed by atoms with Crippen LogP contribution in [0.15, 0.2) is 69.9 Å². The van der Waals surface area contributed by atoms with Gasteiger partial charge in [0.2, 0.25) is 11.2 Å². The lowest BCUT2D eigenvalue weighted by Gasteiger charge is -2.14. The van der Waals surface area contributed by atoms with Crippen LogP contribution in [0.2, 0.25) is 5.02 Å². The number of rotatable bonds is 6. The van der Waals surface area contributed by atoms with Gasteiger partial charge < -0.3 is 18.6 Å². The maximum atomic E-state index is 14.0. The quantitative estimate of drug-likeness (QED) is 0.113. The Labute approximate surface area is 217 Å². The second-order valence-corrected chi connectivity index (χ2v) is 8.16. The van der Waals surface area contributed by atoms with Crippen molar-refractivity contribution in [2.75, 3.05) is 14.2 Å². The van der Waals surface area contributed by atoms with Crippen molar-refractivity contribution in [3.05, 3.63) is 93.1 Å². The van der Waals surface area contributed by atoms with Gasteiger partial charge in [-0.1, -0.05) is 23.7 Å². The third-order valence-electron chi connectivity index (χ3n) is 5.40. The molecule has 0 radical (unpaired) electrons. The van der Waals surface area contributed by atoms with Crippen LogP contribution in [-0.2, 0) is 11.0 Å². The van der Waals surface area contributed by atoms with Gasteiger partial charge in [-0.3, -0.25) is 4.79 Å². The van der Waals surface area contributed by atoms with E-state index in [1.807, 2.05) is 0 Å². The molecule has 1 heterocycles. The molecule has 0 amide bonds. The SMILES string of the molecule is COc1ccc(-c2c(C(F)(F)F)oc3cc(OC(=O)C=Cc4c(F)cccc4Cl)ccc3c2=O)cc1OC. The van der Waals surface area contributed by atoms with Crippen LogP contribution in [0.25, 0.3) is 28.2 Å². The number of benzene rings is 3. The first-order chi connectivity index (χ1) is 18.0. The summed E-state index contributed by atoms with van der Waals surface area (Å²) in [6.45, 7) is 0. The second-order valence-electron chi connectivity index (χ2n) is 7.75. The Hall–Kier alpha value is -4.31. The largest absolute Gasteiger partial charge is 0.493 e. The summed E-state index contributed by atoms with van der Waals surface area (Å²) in [4.78, 5) is 25.4. The lowest BCUT2D eigenvalue weighted by molar-refractivity contribution is -0.152. The van der Waals surface area contributed by atoms with Crippen molar-refractivity contribution < 1.29 is 41.0 Å². The second kappa shape index (κ2) is 10.6. The zero-order chi connectivity index (χ0) is 27.6. The van der Waals surface area contributed by atoms with Crippen LogP contribution in [0.4, 0.5) is 17.6 Å². The molecule has 0 atom stereocenters. The molecule has 0 spiro atoms. The average molecular weight is 549 g/mol. The van der Waals surface area contributed by atoms with Gasteiger partial charge in [0.25, 0.3) is 0 Å². The van der Waals surface area contributed by atoms with Crippen molar-refractivity contribution in [2.45, 2.75) is 6.18 Å². The van der Waals surface area contributed by atoms with E-state index in [1.165, 1.54) is 56.7 Å². The minimum Gasteiger partial charge on any atom is -0.493 e.